The molecule has 1 atom stereocenters. The molecule has 1 aromatic heterocycles. The summed E-state index contributed by atoms with van der Waals surface area (Å²) in [7, 11) is 1.84. The molecule has 0 fully saturated rings. The second-order valence-corrected chi connectivity index (χ2v) is 2.77. The average Bonchev–Trinajstić information content (AvgIpc) is 2.35. The summed E-state index contributed by atoms with van der Waals surface area (Å²) in [4.78, 5) is 14.4. The number of rotatable bonds is 3. The molecule has 74 valence electrons. The molecule has 0 aliphatic carbocycles. The molecule has 0 bridgehead atoms. The van der Waals surface area contributed by atoms with Crippen molar-refractivity contribution in [1.82, 2.24) is 9.55 Å². The van der Waals surface area contributed by atoms with E-state index in [-0.39, 0.29) is 12.4 Å². The van der Waals surface area contributed by atoms with Crippen molar-refractivity contribution in [2.75, 3.05) is 0 Å². The first-order valence-corrected chi connectivity index (χ1v) is 3.62. The third-order valence-electron chi connectivity index (χ3n) is 1.56. The minimum atomic E-state index is -0.888. The largest absolute Gasteiger partial charge is 1.00 e. The van der Waals surface area contributed by atoms with Gasteiger partial charge in [-0.1, -0.05) is 0 Å². The number of carboxylic acids is 1. The topological polar surface area (TPSA) is 82.8 Å². The van der Waals surface area contributed by atoms with Crippen LogP contribution in [0.3, 0.4) is 0 Å². The van der Waals surface area contributed by atoms with E-state index in [1.165, 1.54) is 0 Å². The number of carbonyl (C=O) groups is 1. The Bertz CT molecular complexity index is 287. The Hall–Kier alpha value is -1.07. The zero-order chi connectivity index (χ0) is 9.14. The van der Waals surface area contributed by atoms with Gasteiger partial charge in [-0.05, 0) is 0 Å². The summed E-state index contributed by atoms with van der Waals surface area (Å²) in [6, 6.07) is -0.611. The van der Waals surface area contributed by atoms with Crippen LogP contribution in [0.1, 0.15) is 5.69 Å². The van der Waals surface area contributed by atoms with Crippen molar-refractivity contribution in [3.8, 4) is 0 Å². The lowest BCUT2D eigenvalue weighted by molar-refractivity contribution is -0.407. The van der Waals surface area contributed by atoms with E-state index in [0.29, 0.717) is 6.42 Å². The van der Waals surface area contributed by atoms with Crippen molar-refractivity contribution in [2.45, 2.75) is 12.5 Å². The number of aliphatic carboxylic acids is 1. The molecule has 5 nitrogen and oxygen atoms in total. The molecule has 0 radical (unpaired) electrons. The molecule has 0 amide bonds. The van der Waals surface area contributed by atoms with E-state index in [1.807, 2.05) is 7.05 Å². The van der Waals surface area contributed by atoms with Gasteiger partial charge >= 0.3 is 5.97 Å². The van der Waals surface area contributed by atoms with Crippen molar-refractivity contribution >= 4 is 5.97 Å². The number of carboxylic acid groups (broad SMARTS) is 1. The summed E-state index contributed by atoms with van der Waals surface area (Å²) < 4.78 is 1.78. The molecule has 0 spiro atoms. The number of quaternary nitrogens is 1. The van der Waals surface area contributed by atoms with E-state index in [0.717, 1.165) is 5.69 Å². The van der Waals surface area contributed by atoms with Crippen molar-refractivity contribution in [2.24, 2.45) is 7.05 Å². The fourth-order valence-electron chi connectivity index (χ4n) is 0.912. The molecule has 6 heteroatoms. The first kappa shape index (κ1) is 11.9. The highest BCUT2D eigenvalue weighted by molar-refractivity contribution is 5.71. The summed E-state index contributed by atoms with van der Waals surface area (Å²) in [6.45, 7) is 0. The van der Waals surface area contributed by atoms with Gasteiger partial charge in [0.15, 0.2) is 6.04 Å². The first-order valence-electron chi connectivity index (χ1n) is 3.62. The summed E-state index contributed by atoms with van der Waals surface area (Å²) in [5, 5.41) is 8.55. The van der Waals surface area contributed by atoms with Crippen molar-refractivity contribution in [1.29, 1.82) is 0 Å². The smallest absolute Gasteiger partial charge is 0.362 e. The van der Waals surface area contributed by atoms with Gasteiger partial charge in [-0.2, -0.15) is 0 Å². The number of hydrogen-bond donors (Lipinski definition) is 2. The second-order valence-electron chi connectivity index (χ2n) is 2.77. The highest BCUT2D eigenvalue weighted by Crippen LogP contribution is 1.96. The first-order chi connectivity index (χ1) is 5.59. The normalized spacial score (nSPS) is 11.8. The Kier molecular flexibility index (Phi) is 4.44. The van der Waals surface area contributed by atoms with Gasteiger partial charge in [0.2, 0.25) is 0 Å². The Balaban J connectivity index is 0.00000144. The number of hydrogen-bond acceptors (Lipinski definition) is 2. The second kappa shape index (κ2) is 4.84. The standard InChI is InChI=1S/C7H11N3O2.ClH/c1-10-3-5(9-4-10)2-6(8)7(11)12;/h3-4,6H,2,8H2,1H3,(H,11,12);1H/t6-;/m0./s1. The lowest BCUT2D eigenvalue weighted by atomic mass is 10.2. The lowest BCUT2D eigenvalue weighted by Gasteiger charge is -1.98. The summed E-state index contributed by atoms with van der Waals surface area (Å²) in [5.41, 5.74) is 4.26. The minimum Gasteiger partial charge on any atom is -1.00 e. The van der Waals surface area contributed by atoms with E-state index < -0.39 is 12.0 Å². The molecule has 4 N–H and O–H groups in total. The highest BCUT2D eigenvalue weighted by atomic mass is 35.5. The van der Waals surface area contributed by atoms with E-state index in [2.05, 4.69) is 10.7 Å². The number of nitrogens with zero attached hydrogens (tertiary/aromatic N) is 2. The van der Waals surface area contributed by atoms with Crippen LogP contribution in [0.2, 0.25) is 0 Å². The van der Waals surface area contributed by atoms with Gasteiger partial charge < -0.3 is 27.8 Å². The zero-order valence-electron chi connectivity index (χ0n) is 7.27. The van der Waals surface area contributed by atoms with Crippen LogP contribution < -0.4 is 18.1 Å². The van der Waals surface area contributed by atoms with E-state index in [4.69, 9.17) is 5.11 Å². The molecule has 1 heterocycles. The van der Waals surface area contributed by atoms with Gasteiger partial charge in [-0.3, -0.25) is 0 Å². The Labute approximate surface area is 82.0 Å². The molecule has 1 rings (SSSR count). The van der Waals surface area contributed by atoms with Crippen LogP contribution in [0, 0.1) is 0 Å². The summed E-state index contributed by atoms with van der Waals surface area (Å²) >= 11 is 0. The van der Waals surface area contributed by atoms with Gasteiger partial charge in [-0.15, -0.1) is 0 Å². The molecule has 0 aromatic carbocycles. The van der Waals surface area contributed by atoms with Gasteiger partial charge in [0.05, 0.1) is 18.4 Å². The zero-order valence-corrected chi connectivity index (χ0v) is 8.03. The third-order valence-corrected chi connectivity index (χ3v) is 1.56. The van der Waals surface area contributed by atoms with Crippen molar-refractivity contribution in [3.05, 3.63) is 18.2 Å². The third kappa shape index (κ3) is 3.43. The maximum atomic E-state index is 10.4. The number of aryl methyl sites for hydroxylation is 1. The summed E-state index contributed by atoms with van der Waals surface area (Å²) in [6.07, 6.45) is 3.82. The molecule has 0 aliphatic rings. The van der Waals surface area contributed by atoms with Gasteiger partial charge in [-0.25, -0.2) is 9.78 Å². The fraction of sp³-hybridized carbons (Fsp3) is 0.429. The lowest BCUT2D eigenvalue weighted by Crippen LogP contribution is -3.00. The SMILES string of the molecule is Cn1cnc(C[C@H]([NH3+])C(=O)O)c1.[Cl-]. The van der Waals surface area contributed by atoms with Crippen LogP contribution in [-0.4, -0.2) is 26.7 Å². The predicted octanol–water partition coefficient (Wildman–Crippen LogP) is -4.34. The van der Waals surface area contributed by atoms with Crippen LogP contribution >= 0.6 is 0 Å². The molecular formula is C7H12ClN3O2. The Morgan fingerprint density at radius 2 is 2.46 bits per heavy atom. The molecule has 0 saturated carbocycles. The molecule has 1 aromatic rings. The average molecular weight is 206 g/mol. The number of aromatic nitrogens is 2. The molecule has 0 saturated heterocycles. The highest BCUT2D eigenvalue weighted by Gasteiger charge is 2.16. The van der Waals surface area contributed by atoms with Crippen LogP contribution in [0.5, 0.6) is 0 Å². The van der Waals surface area contributed by atoms with Crippen molar-refractivity contribution in [3.63, 3.8) is 0 Å². The maximum absolute atomic E-state index is 10.4. The van der Waals surface area contributed by atoms with Gasteiger partial charge in [0, 0.05) is 13.2 Å². The molecule has 0 aliphatic heterocycles. The fourth-order valence-corrected chi connectivity index (χ4v) is 0.912. The van der Waals surface area contributed by atoms with Crippen LogP contribution in [-0.2, 0) is 18.3 Å². The van der Waals surface area contributed by atoms with E-state index >= 15 is 0 Å². The number of imidazole rings is 1. The van der Waals surface area contributed by atoms with Gasteiger partial charge in [0.25, 0.3) is 0 Å². The molecule has 0 unspecified atom stereocenters. The van der Waals surface area contributed by atoms with Crippen LogP contribution in [0.4, 0.5) is 0 Å². The number of halogens is 1. The summed E-state index contributed by atoms with van der Waals surface area (Å²) in [5.74, 6) is -0.888. The van der Waals surface area contributed by atoms with Gasteiger partial charge in [0.1, 0.15) is 0 Å². The maximum Gasteiger partial charge on any atom is 0.362 e. The monoisotopic (exact) mass is 205 g/mol. The Morgan fingerprint density at radius 1 is 1.85 bits per heavy atom. The molecular weight excluding hydrogens is 194 g/mol. The van der Waals surface area contributed by atoms with Crippen LogP contribution in [0.15, 0.2) is 12.5 Å². The molecule has 13 heavy (non-hydrogen) atoms. The quantitative estimate of drug-likeness (QED) is 0.524. The minimum absolute atomic E-state index is 0. The van der Waals surface area contributed by atoms with Crippen molar-refractivity contribution < 1.29 is 28.0 Å². The van der Waals surface area contributed by atoms with E-state index in [9.17, 15) is 4.79 Å². The van der Waals surface area contributed by atoms with E-state index in [1.54, 1.807) is 17.1 Å². The predicted molar refractivity (Wildman–Crippen MR) is 41.2 cm³/mol. The van der Waals surface area contributed by atoms with Crippen LogP contribution in [0.25, 0.3) is 0 Å². The Morgan fingerprint density at radius 3 is 2.85 bits per heavy atom.